The summed E-state index contributed by atoms with van der Waals surface area (Å²) in [6, 6.07) is 84.6. The molecular weight excluding hydrogens is 861 g/mol. The topological polar surface area (TPSA) is 15.7 Å². The number of hydrogen-bond acceptors (Lipinski definition) is 3. The van der Waals surface area contributed by atoms with Gasteiger partial charge in [-0.3, -0.25) is 0 Å². The minimum absolute atomic E-state index is 0.116. The van der Waals surface area contributed by atoms with Crippen molar-refractivity contribution in [2.45, 2.75) is 38.5 Å². The molecule has 11 aromatic rings. The van der Waals surface area contributed by atoms with Crippen molar-refractivity contribution in [2.24, 2.45) is 0 Å². The molecule has 3 aliphatic rings. The lowest BCUT2D eigenvalue weighted by molar-refractivity contribution is 0.487. The van der Waals surface area contributed by atoms with Gasteiger partial charge in [0.1, 0.15) is 11.5 Å². The first-order valence-corrected chi connectivity index (χ1v) is 24.8. The summed E-state index contributed by atoms with van der Waals surface area (Å²) in [5.74, 6) is 1.71. The normalized spacial score (nSPS) is 14.0. The van der Waals surface area contributed by atoms with Crippen LogP contribution >= 0.6 is 0 Å². The molecule has 11 aromatic carbocycles. The van der Waals surface area contributed by atoms with E-state index >= 15 is 0 Å². The van der Waals surface area contributed by atoms with Crippen molar-refractivity contribution in [1.82, 2.24) is 0 Å². The van der Waals surface area contributed by atoms with Gasteiger partial charge in [0.05, 0.1) is 5.69 Å². The zero-order valence-corrected chi connectivity index (χ0v) is 40.2. The molecule has 0 N–H and O–H groups in total. The molecule has 2 aliphatic carbocycles. The van der Waals surface area contributed by atoms with Crippen LogP contribution in [0.25, 0.3) is 66.1 Å². The molecule has 0 amide bonds. The molecule has 1 heterocycles. The van der Waals surface area contributed by atoms with Gasteiger partial charge >= 0.3 is 0 Å². The van der Waals surface area contributed by atoms with Crippen molar-refractivity contribution >= 4 is 55.7 Å². The fourth-order valence-electron chi connectivity index (χ4n) is 12.4. The number of hydrogen-bond donors (Lipinski definition) is 0. The maximum atomic E-state index is 7.02. The second kappa shape index (κ2) is 15.4. The third-order valence-electron chi connectivity index (χ3n) is 15.8. The van der Waals surface area contributed by atoms with Gasteiger partial charge in [-0.1, -0.05) is 179 Å². The molecule has 0 radical (unpaired) electrons. The number of benzene rings is 11. The molecule has 0 bridgehead atoms. The van der Waals surface area contributed by atoms with Gasteiger partial charge in [-0.15, -0.1) is 0 Å². The number of nitrogens with zero attached hydrogens (tertiary/aromatic N) is 2. The fourth-order valence-corrected chi connectivity index (χ4v) is 12.4. The van der Waals surface area contributed by atoms with E-state index in [-0.39, 0.29) is 10.8 Å². The van der Waals surface area contributed by atoms with Crippen molar-refractivity contribution in [1.29, 1.82) is 0 Å². The average Bonchev–Trinajstić information content (AvgIpc) is 3.78. The van der Waals surface area contributed by atoms with E-state index in [4.69, 9.17) is 4.74 Å². The second-order valence-corrected chi connectivity index (χ2v) is 20.4. The maximum Gasteiger partial charge on any atom is 0.137 e. The van der Waals surface area contributed by atoms with Crippen LogP contribution in [0.5, 0.6) is 11.5 Å². The van der Waals surface area contributed by atoms with Crippen LogP contribution in [0.3, 0.4) is 0 Å². The zero-order valence-electron chi connectivity index (χ0n) is 40.2. The summed E-state index contributed by atoms with van der Waals surface area (Å²) in [7, 11) is 0. The summed E-state index contributed by atoms with van der Waals surface area (Å²) in [6.07, 6.45) is 0. The molecule has 71 heavy (non-hydrogen) atoms. The zero-order chi connectivity index (χ0) is 47.6. The molecule has 0 fully saturated rings. The van der Waals surface area contributed by atoms with Gasteiger partial charge in [-0.25, -0.2) is 0 Å². The molecule has 14 rings (SSSR count). The molecule has 0 spiro atoms. The standard InChI is InChI=1S/C68H50N2O/c1-67(2)59-27-15-13-23-51(59)53-33-30-45(40-61(53)67)69(43-18-7-5-8-19-43)47-32-35-56-58-37-36-50(57-26-17-29-64(66(57)58)71-65(56)42-47)49-38-39-63(55-25-12-11-22-48(49)55)70(44-20-9-6-10-21-44)46-31-34-54-52-24-14-16-28-60(52)68(3,4)62(54)41-46/h5-42H,1-4H3. The van der Waals surface area contributed by atoms with Gasteiger partial charge < -0.3 is 14.5 Å². The number of rotatable bonds is 7. The maximum absolute atomic E-state index is 7.02. The van der Waals surface area contributed by atoms with Crippen molar-refractivity contribution in [3.63, 3.8) is 0 Å². The molecule has 0 saturated heterocycles. The quantitative estimate of drug-likeness (QED) is 0.158. The van der Waals surface area contributed by atoms with Gasteiger partial charge in [0, 0.05) is 61.7 Å². The third-order valence-corrected chi connectivity index (χ3v) is 15.8. The summed E-state index contributed by atoms with van der Waals surface area (Å²) >= 11 is 0. The van der Waals surface area contributed by atoms with E-state index in [9.17, 15) is 0 Å². The van der Waals surface area contributed by atoms with E-state index in [1.54, 1.807) is 0 Å². The van der Waals surface area contributed by atoms with Gasteiger partial charge in [0.25, 0.3) is 0 Å². The molecule has 0 unspecified atom stereocenters. The molecule has 3 nitrogen and oxygen atoms in total. The molecule has 338 valence electrons. The van der Waals surface area contributed by atoms with Crippen molar-refractivity contribution < 1.29 is 4.74 Å². The van der Waals surface area contributed by atoms with Gasteiger partial charge in [-0.05, 0) is 145 Å². The monoisotopic (exact) mass is 910 g/mol. The van der Waals surface area contributed by atoms with Crippen LogP contribution in [-0.2, 0) is 10.8 Å². The van der Waals surface area contributed by atoms with Crippen molar-refractivity contribution in [3.8, 4) is 56.0 Å². The molecule has 1 aliphatic heterocycles. The van der Waals surface area contributed by atoms with Gasteiger partial charge in [0.2, 0.25) is 0 Å². The summed E-state index contributed by atoms with van der Waals surface area (Å²) < 4.78 is 7.02. The highest BCUT2D eigenvalue weighted by molar-refractivity contribution is 6.15. The highest BCUT2D eigenvalue weighted by Crippen LogP contribution is 2.55. The highest BCUT2D eigenvalue weighted by Gasteiger charge is 2.37. The third kappa shape index (κ3) is 6.15. The predicted octanol–water partition coefficient (Wildman–Crippen LogP) is 19.0. The first kappa shape index (κ1) is 41.3. The highest BCUT2D eigenvalue weighted by atomic mass is 16.5. The molecule has 0 aromatic heterocycles. The molecule has 0 atom stereocenters. The van der Waals surface area contributed by atoms with Crippen molar-refractivity contribution in [2.75, 3.05) is 9.80 Å². The van der Waals surface area contributed by atoms with Crippen LogP contribution in [0.4, 0.5) is 34.1 Å². The lowest BCUT2D eigenvalue weighted by atomic mass is 9.82. The molecular formula is C68H50N2O. The van der Waals surface area contributed by atoms with Crippen LogP contribution in [0.15, 0.2) is 231 Å². The van der Waals surface area contributed by atoms with E-state index in [2.05, 4.69) is 268 Å². The van der Waals surface area contributed by atoms with Gasteiger partial charge in [-0.2, -0.15) is 0 Å². The summed E-state index contributed by atoms with van der Waals surface area (Å²) in [4.78, 5) is 4.80. The Labute approximate surface area is 415 Å². The van der Waals surface area contributed by atoms with Crippen LogP contribution in [0.1, 0.15) is 49.9 Å². The minimum Gasteiger partial charge on any atom is -0.456 e. The number of fused-ring (bicyclic) bond motifs is 9. The lowest BCUT2D eigenvalue weighted by Gasteiger charge is -2.30. The van der Waals surface area contributed by atoms with Crippen LogP contribution < -0.4 is 14.5 Å². The molecule has 0 saturated carbocycles. The van der Waals surface area contributed by atoms with E-state index in [0.29, 0.717) is 0 Å². The SMILES string of the molecule is CC1(C)c2ccccc2-c2ccc(N(c3ccccc3)c3ccc4c(c3)Oc3cccc5c(-c6ccc(N(c7ccccc7)c7ccc8c(c7)C(C)(C)c7ccccc7-8)c7ccccc67)ccc-4c35)cc21. The summed E-state index contributed by atoms with van der Waals surface area (Å²) in [6.45, 7) is 9.40. The smallest absolute Gasteiger partial charge is 0.137 e. The Balaban J connectivity index is 0.870. The van der Waals surface area contributed by atoms with Crippen LogP contribution in [0.2, 0.25) is 0 Å². The van der Waals surface area contributed by atoms with Crippen molar-refractivity contribution in [3.05, 3.63) is 253 Å². The van der Waals surface area contributed by atoms with E-state index in [0.717, 1.165) is 56.6 Å². The van der Waals surface area contributed by atoms with E-state index in [1.165, 1.54) is 77.4 Å². The lowest BCUT2D eigenvalue weighted by Crippen LogP contribution is -2.16. The first-order valence-electron chi connectivity index (χ1n) is 24.8. The Morgan fingerprint density at radius 3 is 1.38 bits per heavy atom. The molecule has 3 heteroatoms. The van der Waals surface area contributed by atoms with E-state index < -0.39 is 0 Å². The van der Waals surface area contributed by atoms with Gasteiger partial charge in [0.15, 0.2) is 0 Å². The predicted molar refractivity (Wildman–Crippen MR) is 297 cm³/mol. The second-order valence-electron chi connectivity index (χ2n) is 20.4. The van der Waals surface area contributed by atoms with Crippen LogP contribution in [-0.4, -0.2) is 0 Å². The Hall–Kier alpha value is -8.66. The summed E-state index contributed by atoms with van der Waals surface area (Å²) in [5.41, 5.74) is 21.8. The Kier molecular flexibility index (Phi) is 8.98. The average molecular weight is 911 g/mol. The Morgan fingerprint density at radius 2 is 0.732 bits per heavy atom. The van der Waals surface area contributed by atoms with E-state index in [1.807, 2.05) is 0 Å². The summed E-state index contributed by atoms with van der Waals surface area (Å²) in [5, 5.41) is 4.68. The number of anilines is 6. The minimum atomic E-state index is -0.117. The Morgan fingerprint density at radius 1 is 0.282 bits per heavy atom. The number of ether oxygens (including phenoxy) is 1. The number of para-hydroxylation sites is 2. The first-order chi connectivity index (χ1) is 34.7. The largest absolute Gasteiger partial charge is 0.456 e. The Bertz CT molecular complexity index is 3980. The van der Waals surface area contributed by atoms with Crippen LogP contribution in [0, 0.1) is 0 Å². The fraction of sp³-hybridized carbons (Fsp3) is 0.0882.